The highest BCUT2D eigenvalue weighted by Crippen LogP contribution is 2.34. The van der Waals surface area contributed by atoms with Crippen molar-refractivity contribution in [2.75, 3.05) is 6.54 Å². The molecule has 3 rings (SSSR count). The van der Waals surface area contributed by atoms with Gasteiger partial charge in [0.1, 0.15) is 0 Å². The molecule has 2 aliphatic rings. The number of thiophene rings is 1. The van der Waals surface area contributed by atoms with Gasteiger partial charge in [-0.1, -0.05) is 19.3 Å². The Morgan fingerprint density at radius 2 is 2.06 bits per heavy atom. The topological polar surface area (TPSA) is 23.5 Å². The van der Waals surface area contributed by atoms with Crippen molar-refractivity contribution in [2.24, 2.45) is 0 Å². The second-order valence-electron chi connectivity index (χ2n) is 6.05. The Morgan fingerprint density at radius 1 is 1.28 bits per heavy atom. The standard InChI is InChI=1S/C15H23NOS/c17-15(7-2-1-3-8-15)12-16(14-4-5-14)10-13-6-9-18-11-13/h6,9,11,14,17H,1-5,7-8,10,12H2. The van der Waals surface area contributed by atoms with Crippen LogP contribution in [0.25, 0.3) is 0 Å². The number of hydrogen-bond donors (Lipinski definition) is 1. The van der Waals surface area contributed by atoms with Crippen LogP contribution in [0.1, 0.15) is 50.5 Å². The summed E-state index contributed by atoms with van der Waals surface area (Å²) in [5, 5.41) is 15.1. The zero-order valence-electron chi connectivity index (χ0n) is 11.0. The van der Waals surface area contributed by atoms with Crippen LogP contribution in [-0.2, 0) is 6.54 Å². The predicted octanol–water partition coefficient (Wildman–Crippen LogP) is 3.41. The molecule has 0 aromatic carbocycles. The number of hydrogen-bond acceptors (Lipinski definition) is 3. The van der Waals surface area contributed by atoms with Crippen LogP contribution in [0.15, 0.2) is 16.8 Å². The summed E-state index contributed by atoms with van der Waals surface area (Å²) in [4.78, 5) is 2.52. The third-order valence-corrected chi connectivity index (χ3v) is 5.04. The zero-order valence-corrected chi connectivity index (χ0v) is 11.8. The molecule has 0 bridgehead atoms. The van der Waals surface area contributed by atoms with Gasteiger partial charge in [-0.05, 0) is 48.1 Å². The van der Waals surface area contributed by atoms with Crippen molar-refractivity contribution >= 4 is 11.3 Å². The Hall–Kier alpha value is -0.380. The van der Waals surface area contributed by atoms with Crippen LogP contribution in [0.5, 0.6) is 0 Å². The minimum Gasteiger partial charge on any atom is -0.389 e. The second-order valence-corrected chi connectivity index (χ2v) is 6.83. The van der Waals surface area contributed by atoms with Gasteiger partial charge in [0.2, 0.25) is 0 Å². The van der Waals surface area contributed by atoms with E-state index in [4.69, 9.17) is 0 Å². The van der Waals surface area contributed by atoms with Gasteiger partial charge in [-0.2, -0.15) is 11.3 Å². The summed E-state index contributed by atoms with van der Waals surface area (Å²) in [5.41, 5.74) is 1.00. The van der Waals surface area contributed by atoms with Crippen LogP contribution in [-0.4, -0.2) is 28.2 Å². The maximum Gasteiger partial charge on any atom is 0.0774 e. The molecule has 0 saturated heterocycles. The highest BCUT2D eigenvalue weighted by Gasteiger charge is 2.37. The molecule has 1 heterocycles. The van der Waals surface area contributed by atoms with Gasteiger partial charge in [-0.15, -0.1) is 0 Å². The first-order valence-corrected chi connectivity index (χ1v) is 8.17. The Bertz CT molecular complexity index is 366. The first kappa shape index (κ1) is 12.6. The lowest BCUT2D eigenvalue weighted by Crippen LogP contribution is -2.45. The highest BCUT2D eigenvalue weighted by molar-refractivity contribution is 7.07. The third-order valence-electron chi connectivity index (χ3n) is 4.31. The van der Waals surface area contributed by atoms with Gasteiger partial charge >= 0.3 is 0 Å². The molecule has 2 fully saturated rings. The normalized spacial score (nSPS) is 23.4. The van der Waals surface area contributed by atoms with Crippen LogP contribution in [0.2, 0.25) is 0 Å². The third kappa shape index (κ3) is 3.14. The lowest BCUT2D eigenvalue weighted by molar-refractivity contribution is -0.0301. The second kappa shape index (κ2) is 5.32. The van der Waals surface area contributed by atoms with Crippen LogP contribution >= 0.6 is 11.3 Å². The molecule has 2 saturated carbocycles. The monoisotopic (exact) mass is 265 g/mol. The summed E-state index contributed by atoms with van der Waals surface area (Å²) < 4.78 is 0. The van der Waals surface area contributed by atoms with E-state index < -0.39 is 5.60 Å². The van der Waals surface area contributed by atoms with E-state index in [0.29, 0.717) is 0 Å². The van der Waals surface area contributed by atoms with Crippen LogP contribution < -0.4 is 0 Å². The molecule has 3 heteroatoms. The van der Waals surface area contributed by atoms with Gasteiger partial charge in [0.25, 0.3) is 0 Å². The van der Waals surface area contributed by atoms with Crippen LogP contribution in [0.4, 0.5) is 0 Å². The van der Waals surface area contributed by atoms with E-state index in [9.17, 15) is 5.11 Å². The van der Waals surface area contributed by atoms with Gasteiger partial charge in [-0.3, -0.25) is 4.90 Å². The lowest BCUT2D eigenvalue weighted by Gasteiger charge is -2.37. The average molecular weight is 265 g/mol. The van der Waals surface area contributed by atoms with Crippen molar-refractivity contribution in [3.05, 3.63) is 22.4 Å². The maximum atomic E-state index is 10.7. The van der Waals surface area contributed by atoms with Gasteiger partial charge in [-0.25, -0.2) is 0 Å². The van der Waals surface area contributed by atoms with Crippen LogP contribution in [0.3, 0.4) is 0 Å². The summed E-state index contributed by atoms with van der Waals surface area (Å²) in [5.74, 6) is 0. The minimum absolute atomic E-state index is 0.406. The minimum atomic E-state index is -0.406. The Balaban J connectivity index is 1.62. The van der Waals surface area contributed by atoms with Crippen molar-refractivity contribution in [3.8, 4) is 0 Å². The van der Waals surface area contributed by atoms with Crippen molar-refractivity contribution in [3.63, 3.8) is 0 Å². The summed E-state index contributed by atoms with van der Waals surface area (Å²) in [6, 6.07) is 2.95. The molecule has 1 N–H and O–H groups in total. The molecule has 0 amide bonds. The largest absolute Gasteiger partial charge is 0.389 e. The van der Waals surface area contributed by atoms with Gasteiger partial charge < -0.3 is 5.11 Å². The molecule has 100 valence electrons. The van der Waals surface area contributed by atoms with E-state index >= 15 is 0 Å². The number of nitrogens with zero attached hydrogens (tertiary/aromatic N) is 1. The Kier molecular flexibility index (Phi) is 3.73. The lowest BCUT2D eigenvalue weighted by atomic mass is 9.84. The fourth-order valence-corrected chi connectivity index (χ4v) is 3.78. The van der Waals surface area contributed by atoms with Gasteiger partial charge in [0.05, 0.1) is 5.60 Å². The first-order chi connectivity index (χ1) is 8.75. The van der Waals surface area contributed by atoms with Crippen molar-refractivity contribution in [1.29, 1.82) is 0 Å². The Morgan fingerprint density at radius 3 is 2.67 bits per heavy atom. The first-order valence-electron chi connectivity index (χ1n) is 7.23. The fraction of sp³-hybridized carbons (Fsp3) is 0.733. The Labute approximate surface area is 114 Å². The van der Waals surface area contributed by atoms with E-state index in [0.717, 1.165) is 32.0 Å². The molecule has 0 unspecified atom stereocenters. The van der Waals surface area contributed by atoms with Gasteiger partial charge in [0, 0.05) is 19.1 Å². The zero-order chi connectivity index (χ0) is 12.4. The van der Waals surface area contributed by atoms with E-state index in [1.807, 2.05) is 0 Å². The van der Waals surface area contributed by atoms with E-state index in [-0.39, 0.29) is 0 Å². The van der Waals surface area contributed by atoms with E-state index in [1.54, 1.807) is 11.3 Å². The number of rotatable bonds is 5. The summed E-state index contributed by atoms with van der Waals surface area (Å²) in [6.45, 7) is 1.91. The molecular formula is C15H23NOS. The molecule has 0 spiro atoms. The SMILES string of the molecule is OC1(CN(Cc2ccsc2)C2CC2)CCCCC1. The molecular weight excluding hydrogens is 242 g/mol. The molecule has 0 radical (unpaired) electrons. The van der Waals surface area contributed by atoms with Crippen molar-refractivity contribution in [2.45, 2.75) is 63.1 Å². The van der Waals surface area contributed by atoms with E-state index in [1.165, 1.54) is 37.7 Å². The predicted molar refractivity (Wildman–Crippen MR) is 75.8 cm³/mol. The smallest absolute Gasteiger partial charge is 0.0774 e. The fourth-order valence-electron chi connectivity index (χ4n) is 3.12. The molecule has 18 heavy (non-hydrogen) atoms. The average Bonchev–Trinajstić information content (AvgIpc) is 3.09. The van der Waals surface area contributed by atoms with Gasteiger partial charge in [0.15, 0.2) is 0 Å². The molecule has 1 aromatic heterocycles. The van der Waals surface area contributed by atoms with Crippen molar-refractivity contribution in [1.82, 2.24) is 4.90 Å². The molecule has 0 aliphatic heterocycles. The molecule has 1 aromatic rings. The molecule has 2 nitrogen and oxygen atoms in total. The maximum absolute atomic E-state index is 10.7. The van der Waals surface area contributed by atoms with E-state index in [2.05, 4.69) is 21.7 Å². The number of aliphatic hydroxyl groups is 1. The summed E-state index contributed by atoms with van der Waals surface area (Å²) >= 11 is 1.77. The molecule has 0 atom stereocenters. The molecule has 2 aliphatic carbocycles. The van der Waals surface area contributed by atoms with Crippen LogP contribution in [0, 0.1) is 0 Å². The summed E-state index contributed by atoms with van der Waals surface area (Å²) in [7, 11) is 0. The quantitative estimate of drug-likeness (QED) is 0.882. The highest BCUT2D eigenvalue weighted by atomic mass is 32.1. The van der Waals surface area contributed by atoms with Crippen molar-refractivity contribution < 1.29 is 5.11 Å². The summed E-state index contributed by atoms with van der Waals surface area (Å²) in [6.07, 6.45) is 8.34.